The van der Waals surface area contributed by atoms with Gasteiger partial charge in [0.05, 0.1) is 12.4 Å². The summed E-state index contributed by atoms with van der Waals surface area (Å²) in [7, 11) is -0.838. The fourth-order valence-electron chi connectivity index (χ4n) is 2.24. The molecule has 7 nitrogen and oxygen atoms in total. The molecule has 0 fully saturated rings. The quantitative estimate of drug-likeness (QED) is 0.574. The van der Waals surface area contributed by atoms with E-state index in [4.69, 9.17) is 13.7 Å². The maximum Gasteiger partial charge on any atom is 0.311 e. The van der Waals surface area contributed by atoms with Gasteiger partial charge in [-0.15, -0.1) is 0 Å². The zero-order valence-corrected chi connectivity index (χ0v) is 17.1. The van der Waals surface area contributed by atoms with Crippen LogP contribution in [0.2, 0.25) is 0 Å². The molecule has 1 aromatic carbocycles. The summed E-state index contributed by atoms with van der Waals surface area (Å²) in [6.45, 7) is 8.00. The minimum Gasteiger partial charge on any atom is -0.493 e. The molecule has 0 N–H and O–H groups in total. The lowest BCUT2D eigenvalue weighted by Crippen LogP contribution is -2.36. The Balaban J connectivity index is 3.12. The predicted octanol–water partition coefficient (Wildman–Crippen LogP) is 2.44. The fourth-order valence-corrected chi connectivity index (χ4v) is 2.81. The Kier molecular flexibility index (Phi) is 8.36. The predicted molar refractivity (Wildman–Crippen MR) is 99.8 cm³/mol. The summed E-state index contributed by atoms with van der Waals surface area (Å²) in [5.41, 5.74) is 0.741. The van der Waals surface area contributed by atoms with Crippen LogP contribution in [0.3, 0.4) is 0 Å². The number of ether oxygens (including phenoxy) is 2. The van der Waals surface area contributed by atoms with E-state index in [1.54, 1.807) is 36.9 Å². The Morgan fingerprint density at radius 3 is 2.27 bits per heavy atom. The number of carbonyl (C=O) groups excluding carboxylic acids is 1. The Labute approximate surface area is 156 Å². The summed E-state index contributed by atoms with van der Waals surface area (Å²) in [4.78, 5) is 13.9. The molecule has 0 saturated carbocycles. The van der Waals surface area contributed by atoms with Crippen molar-refractivity contribution in [2.75, 3.05) is 27.4 Å². The molecule has 0 aliphatic rings. The summed E-state index contributed by atoms with van der Waals surface area (Å²) < 4.78 is 39.5. The Morgan fingerprint density at radius 1 is 1.12 bits per heavy atom. The normalized spacial score (nSPS) is 11.7. The van der Waals surface area contributed by atoms with Gasteiger partial charge in [-0.1, -0.05) is 19.9 Å². The van der Waals surface area contributed by atoms with Crippen LogP contribution in [-0.2, 0) is 26.2 Å². The molecule has 1 rings (SSSR count). The van der Waals surface area contributed by atoms with Crippen molar-refractivity contribution in [2.45, 2.75) is 39.5 Å². The van der Waals surface area contributed by atoms with Crippen molar-refractivity contribution >= 4 is 16.0 Å². The van der Waals surface area contributed by atoms with Crippen LogP contribution in [0.4, 0.5) is 0 Å². The van der Waals surface area contributed by atoms with Gasteiger partial charge in [-0.3, -0.25) is 4.79 Å². The van der Waals surface area contributed by atoms with E-state index in [1.165, 1.54) is 14.2 Å². The first-order valence-corrected chi connectivity index (χ1v) is 9.94. The third kappa shape index (κ3) is 6.49. The van der Waals surface area contributed by atoms with E-state index in [0.29, 0.717) is 18.8 Å². The number of nitrogens with zero attached hydrogens (tertiary/aromatic N) is 1. The van der Waals surface area contributed by atoms with E-state index in [0.717, 1.165) is 5.56 Å². The van der Waals surface area contributed by atoms with E-state index < -0.39 is 15.4 Å². The first-order chi connectivity index (χ1) is 12.1. The van der Waals surface area contributed by atoms with Crippen LogP contribution < -0.4 is 8.92 Å². The van der Waals surface area contributed by atoms with Gasteiger partial charge in [0.15, 0.2) is 11.5 Å². The number of benzene rings is 1. The lowest BCUT2D eigenvalue weighted by molar-refractivity contribution is -0.136. The molecule has 0 heterocycles. The third-order valence-corrected chi connectivity index (χ3v) is 5.16. The molecule has 1 amide bonds. The molecule has 0 aliphatic carbocycles. The summed E-state index contributed by atoms with van der Waals surface area (Å²) in [6, 6.07) is 5.00. The number of methoxy groups -OCH3 is 2. The standard InChI is InChI=1S/C18H29NO6S/c1-13(2)10-19(18(20)12-23-5)11-15-7-8-16(24-6)17(9-15)25-26(21,22)14(3)4/h7-9,13-14H,10-12H2,1-6H3. The number of carbonyl (C=O) groups is 1. The third-order valence-electron chi connectivity index (χ3n) is 3.59. The highest BCUT2D eigenvalue weighted by molar-refractivity contribution is 7.87. The van der Waals surface area contributed by atoms with Crippen molar-refractivity contribution in [1.82, 2.24) is 4.90 Å². The molecule has 0 atom stereocenters. The SMILES string of the molecule is COCC(=O)N(Cc1ccc(OC)c(OS(=O)(=O)C(C)C)c1)CC(C)C. The van der Waals surface area contributed by atoms with Crippen LogP contribution in [0.5, 0.6) is 11.5 Å². The van der Waals surface area contributed by atoms with Crippen LogP contribution in [0.1, 0.15) is 33.3 Å². The van der Waals surface area contributed by atoms with Crippen molar-refractivity contribution in [3.63, 3.8) is 0 Å². The molecule has 0 aliphatic heterocycles. The van der Waals surface area contributed by atoms with Crippen molar-refractivity contribution in [3.05, 3.63) is 23.8 Å². The number of hydrogen-bond donors (Lipinski definition) is 0. The second kappa shape index (κ2) is 9.78. The average molecular weight is 387 g/mol. The van der Waals surface area contributed by atoms with E-state index in [2.05, 4.69) is 0 Å². The maximum atomic E-state index is 12.3. The molecule has 0 aromatic heterocycles. The molecular weight excluding hydrogens is 358 g/mol. The summed E-state index contributed by atoms with van der Waals surface area (Å²) >= 11 is 0. The van der Waals surface area contributed by atoms with Gasteiger partial charge in [-0.2, -0.15) is 8.42 Å². The van der Waals surface area contributed by atoms with Crippen molar-refractivity contribution < 1.29 is 26.9 Å². The number of rotatable bonds is 10. The molecule has 8 heteroatoms. The molecule has 0 saturated heterocycles. The van der Waals surface area contributed by atoms with Crippen molar-refractivity contribution in [1.29, 1.82) is 0 Å². The molecule has 0 spiro atoms. The minimum absolute atomic E-state index is 0.00599. The molecule has 0 radical (unpaired) electrons. The molecule has 148 valence electrons. The highest BCUT2D eigenvalue weighted by Gasteiger charge is 2.22. The first-order valence-electron chi connectivity index (χ1n) is 8.47. The zero-order chi connectivity index (χ0) is 19.9. The van der Waals surface area contributed by atoms with Gasteiger partial charge in [0.2, 0.25) is 5.91 Å². The van der Waals surface area contributed by atoms with Gasteiger partial charge in [0, 0.05) is 20.2 Å². The second-order valence-electron chi connectivity index (χ2n) is 6.71. The van der Waals surface area contributed by atoms with E-state index in [-0.39, 0.29) is 24.2 Å². The summed E-state index contributed by atoms with van der Waals surface area (Å²) in [6.07, 6.45) is 0. The average Bonchev–Trinajstić information content (AvgIpc) is 2.53. The highest BCUT2D eigenvalue weighted by atomic mass is 32.2. The van der Waals surface area contributed by atoms with Gasteiger partial charge in [-0.05, 0) is 37.5 Å². The summed E-state index contributed by atoms with van der Waals surface area (Å²) in [5.74, 6) is 0.583. The van der Waals surface area contributed by atoms with Gasteiger partial charge < -0.3 is 18.6 Å². The Morgan fingerprint density at radius 2 is 1.77 bits per heavy atom. The minimum atomic E-state index is -3.75. The first kappa shape index (κ1) is 22.2. The fraction of sp³-hybridized carbons (Fsp3) is 0.611. The molecule has 1 aromatic rings. The van der Waals surface area contributed by atoms with Crippen LogP contribution in [0.15, 0.2) is 18.2 Å². The monoisotopic (exact) mass is 387 g/mol. The Bertz CT molecular complexity index is 700. The largest absolute Gasteiger partial charge is 0.493 e. The van der Waals surface area contributed by atoms with Crippen molar-refractivity contribution in [2.24, 2.45) is 5.92 Å². The van der Waals surface area contributed by atoms with Crippen LogP contribution >= 0.6 is 0 Å². The highest BCUT2D eigenvalue weighted by Crippen LogP contribution is 2.30. The van der Waals surface area contributed by atoms with Gasteiger partial charge in [0.25, 0.3) is 0 Å². The molecule has 0 bridgehead atoms. The zero-order valence-electron chi connectivity index (χ0n) is 16.3. The Hall–Kier alpha value is -1.80. The van der Waals surface area contributed by atoms with Crippen molar-refractivity contribution in [3.8, 4) is 11.5 Å². The van der Waals surface area contributed by atoms with Crippen LogP contribution in [-0.4, -0.2) is 51.8 Å². The van der Waals surface area contributed by atoms with Gasteiger partial charge >= 0.3 is 10.1 Å². The maximum absolute atomic E-state index is 12.3. The number of hydrogen-bond acceptors (Lipinski definition) is 6. The smallest absolute Gasteiger partial charge is 0.311 e. The molecular formula is C18H29NO6S. The lowest BCUT2D eigenvalue weighted by atomic mass is 10.1. The van der Waals surface area contributed by atoms with Crippen LogP contribution in [0, 0.1) is 5.92 Å². The molecule has 26 heavy (non-hydrogen) atoms. The number of amides is 1. The van der Waals surface area contributed by atoms with Gasteiger partial charge in [0.1, 0.15) is 6.61 Å². The van der Waals surface area contributed by atoms with E-state index in [9.17, 15) is 13.2 Å². The molecule has 0 unspecified atom stereocenters. The van der Waals surface area contributed by atoms with Gasteiger partial charge in [-0.25, -0.2) is 0 Å². The van der Waals surface area contributed by atoms with E-state index in [1.807, 2.05) is 13.8 Å². The summed E-state index contributed by atoms with van der Waals surface area (Å²) in [5, 5.41) is -0.684. The van der Waals surface area contributed by atoms with Crippen LogP contribution in [0.25, 0.3) is 0 Å². The van der Waals surface area contributed by atoms with E-state index >= 15 is 0 Å². The lowest BCUT2D eigenvalue weighted by Gasteiger charge is -2.25. The second-order valence-corrected chi connectivity index (χ2v) is 8.81. The topological polar surface area (TPSA) is 82.1 Å².